The van der Waals surface area contributed by atoms with Crippen LogP contribution in [0.5, 0.6) is 0 Å². The van der Waals surface area contributed by atoms with E-state index in [1.807, 2.05) is 0 Å². The maximum Gasteiger partial charge on any atom is 1.00 e. The van der Waals surface area contributed by atoms with E-state index in [-0.39, 0.29) is 33.9 Å². The first kappa shape index (κ1) is 28.0. The number of rotatable bonds is 9. The SMILES string of the molecule is CCN(CC(=O)[O-])S(=O)(=O)CCC(F)(F)C(F)(F)C(F)(F)C(F)(F)F.[Na+]. The fraction of sp³-hybridized carbons (Fsp3) is 0.900. The van der Waals surface area contributed by atoms with Crippen LogP contribution < -0.4 is 34.7 Å². The second-order valence-corrected chi connectivity index (χ2v) is 6.80. The Morgan fingerprint density at radius 3 is 1.69 bits per heavy atom. The summed E-state index contributed by atoms with van der Waals surface area (Å²) in [6, 6.07) is 0. The minimum absolute atomic E-state index is 0. The van der Waals surface area contributed by atoms with Gasteiger partial charge in [0.1, 0.15) is 0 Å². The quantitative estimate of drug-likeness (QED) is 0.318. The van der Waals surface area contributed by atoms with Crippen LogP contribution in [0.3, 0.4) is 0 Å². The van der Waals surface area contributed by atoms with Gasteiger partial charge < -0.3 is 9.90 Å². The number of carbonyl (C=O) groups excluding carboxylic acids is 1. The van der Waals surface area contributed by atoms with E-state index in [1.54, 1.807) is 0 Å². The summed E-state index contributed by atoms with van der Waals surface area (Å²) in [5.74, 6) is -24.1. The van der Waals surface area contributed by atoms with Gasteiger partial charge >= 0.3 is 53.5 Å². The summed E-state index contributed by atoms with van der Waals surface area (Å²) in [5.41, 5.74) is 0. The Balaban J connectivity index is 0. The Morgan fingerprint density at radius 1 is 0.962 bits per heavy atom. The molecule has 0 radical (unpaired) electrons. The molecule has 0 aliphatic carbocycles. The molecular weight excluding hydrogens is 424 g/mol. The van der Waals surface area contributed by atoms with Crippen LogP contribution in [0.15, 0.2) is 0 Å². The van der Waals surface area contributed by atoms with Crippen molar-refractivity contribution in [1.82, 2.24) is 4.31 Å². The molecule has 26 heavy (non-hydrogen) atoms. The molecule has 0 amide bonds. The standard InChI is InChI=1S/C10H12F9NO4S.Na/c1-2-20(5-6(21)22)25(23,24)4-3-7(11,12)8(13,14)9(15,16)10(17,18)19;/h2-5H2,1H3,(H,21,22);/q;+1/p-1. The molecule has 0 aliphatic heterocycles. The number of aliphatic carboxylic acids is 1. The molecule has 0 aromatic heterocycles. The number of nitrogens with zero attached hydrogens (tertiary/aromatic N) is 1. The van der Waals surface area contributed by atoms with Gasteiger partial charge in [0.05, 0.1) is 18.3 Å². The Morgan fingerprint density at radius 2 is 1.38 bits per heavy atom. The molecule has 0 aromatic carbocycles. The molecule has 0 bridgehead atoms. The third-order valence-corrected chi connectivity index (χ3v) is 4.83. The molecule has 0 unspecified atom stereocenters. The first-order chi connectivity index (χ1) is 10.8. The van der Waals surface area contributed by atoms with Gasteiger partial charge in [0.15, 0.2) is 0 Å². The summed E-state index contributed by atoms with van der Waals surface area (Å²) in [4.78, 5) is 10.3. The van der Waals surface area contributed by atoms with Crippen molar-refractivity contribution in [1.29, 1.82) is 0 Å². The number of hydrogen-bond donors (Lipinski definition) is 0. The maximum atomic E-state index is 13.2. The Labute approximate surface area is 163 Å². The zero-order chi connectivity index (χ0) is 20.5. The van der Waals surface area contributed by atoms with Crippen LogP contribution in [-0.2, 0) is 14.8 Å². The van der Waals surface area contributed by atoms with Crippen LogP contribution in [0.25, 0.3) is 0 Å². The number of halogens is 9. The molecule has 0 heterocycles. The third kappa shape index (κ3) is 5.87. The van der Waals surface area contributed by atoms with Crippen molar-refractivity contribution in [2.45, 2.75) is 37.3 Å². The first-order valence-corrected chi connectivity index (χ1v) is 7.82. The molecular formula is C10H11F9NNaO4S. The number of alkyl halides is 9. The smallest absolute Gasteiger partial charge is 0.549 e. The molecule has 0 aliphatic rings. The molecule has 150 valence electrons. The third-order valence-electron chi connectivity index (χ3n) is 2.94. The van der Waals surface area contributed by atoms with Crippen LogP contribution in [0, 0.1) is 0 Å². The van der Waals surface area contributed by atoms with Gasteiger partial charge in [-0.15, -0.1) is 0 Å². The zero-order valence-electron chi connectivity index (χ0n) is 13.2. The molecule has 0 N–H and O–H groups in total. The predicted octanol–water partition coefficient (Wildman–Crippen LogP) is -1.75. The Hall–Kier alpha value is -0.250. The largest absolute Gasteiger partial charge is 1.00 e. The van der Waals surface area contributed by atoms with Gasteiger partial charge in [0.2, 0.25) is 10.0 Å². The average Bonchev–Trinajstić information content (AvgIpc) is 2.40. The topological polar surface area (TPSA) is 77.5 Å². The van der Waals surface area contributed by atoms with Crippen molar-refractivity contribution in [3.63, 3.8) is 0 Å². The molecule has 0 spiro atoms. The molecule has 0 rings (SSSR count). The zero-order valence-corrected chi connectivity index (χ0v) is 16.0. The van der Waals surface area contributed by atoms with Crippen molar-refractivity contribution in [2.75, 3.05) is 18.8 Å². The van der Waals surface area contributed by atoms with Crippen LogP contribution in [0.2, 0.25) is 0 Å². The van der Waals surface area contributed by atoms with Crippen LogP contribution in [0.1, 0.15) is 13.3 Å². The molecule has 5 nitrogen and oxygen atoms in total. The Kier molecular flexibility index (Phi) is 9.50. The minimum atomic E-state index is -7.12. The van der Waals surface area contributed by atoms with E-state index in [0.29, 0.717) is 0 Å². The van der Waals surface area contributed by atoms with Crippen LogP contribution >= 0.6 is 0 Å². The van der Waals surface area contributed by atoms with Crippen molar-refractivity contribution in [3.05, 3.63) is 0 Å². The van der Waals surface area contributed by atoms with Crippen molar-refractivity contribution >= 4 is 16.0 Å². The molecule has 0 atom stereocenters. The second-order valence-electron chi connectivity index (χ2n) is 4.72. The second kappa shape index (κ2) is 8.84. The van der Waals surface area contributed by atoms with E-state index in [9.17, 15) is 57.8 Å². The summed E-state index contributed by atoms with van der Waals surface area (Å²) >= 11 is 0. The summed E-state index contributed by atoms with van der Waals surface area (Å²) < 4.78 is 137. The van der Waals surface area contributed by atoms with Gasteiger partial charge in [-0.05, 0) is 0 Å². The van der Waals surface area contributed by atoms with Crippen molar-refractivity contribution in [3.8, 4) is 0 Å². The van der Waals surface area contributed by atoms with Crippen LogP contribution in [-0.4, -0.2) is 61.5 Å². The van der Waals surface area contributed by atoms with E-state index in [4.69, 9.17) is 0 Å². The average molecular weight is 435 g/mol. The number of carbonyl (C=O) groups is 1. The summed E-state index contributed by atoms with van der Waals surface area (Å²) in [6.07, 6.45) is -9.61. The Bertz CT molecular complexity index is 594. The predicted molar refractivity (Wildman–Crippen MR) is 61.6 cm³/mol. The van der Waals surface area contributed by atoms with Gasteiger partial charge in [-0.25, -0.2) is 8.42 Å². The van der Waals surface area contributed by atoms with Gasteiger partial charge in [-0.1, -0.05) is 6.92 Å². The monoisotopic (exact) mass is 435 g/mol. The molecule has 0 fully saturated rings. The number of carboxylic acid groups (broad SMARTS) is 1. The fourth-order valence-corrected chi connectivity index (χ4v) is 2.97. The van der Waals surface area contributed by atoms with E-state index in [1.165, 1.54) is 0 Å². The van der Waals surface area contributed by atoms with Gasteiger partial charge in [-0.3, -0.25) is 0 Å². The molecule has 0 aromatic rings. The maximum absolute atomic E-state index is 13.2. The number of likely N-dealkylation sites (N-methyl/N-ethyl adjacent to an activating group) is 1. The van der Waals surface area contributed by atoms with Gasteiger partial charge in [0, 0.05) is 13.0 Å². The molecule has 0 saturated carbocycles. The van der Waals surface area contributed by atoms with Gasteiger partial charge in [0.25, 0.3) is 0 Å². The van der Waals surface area contributed by atoms with Gasteiger partial charge in [-0.2, -0.15) is 43.8 Å². The fourth-order valence-electron chi connectivity index (χ4n) is 1.50. The number of carboxylic acids is 1. The molecule has 16 heteroatoms. The van der Waals surface area contributed by atoms with E-state index >= 15 is 0 Å². The summed E-state index contributed by atoms with van der Waals surface area (Å²) in [7, 11) is -4.97. The van der Waals surface area contributed by atoms with Crippen molar-refractivity contribution in [2.24, 2.45) is 0 Å². The number of hydrogen-bond acceptors (Lipinski definition) is 4. The molecule has 0 saturated heterocycles. The first-order valence-electron chi connectivity index (χ1n) is 6.21. The number of sulfonamides is 1. The van der Waals surface area contributed by atoms with E-state index in [0.717, 1.165) is 6.92 Å². The van der Waals surface area contributed by atoms with Crippen LogP contribution in [0.4, 0.5) is 39.5 Å². The van der Waals surface area contributed by atoms with Crippen molar-refractivity contribution < 1.29 is 87.4 Å². The van der Waals surface area contributed by atoms with E-state index < -0.39 is 65.2 Å². The summed E-state index contributed by atoms with van der Waals surface area (Å²) in [6.45, 7) is -0.943. The normalized spacial score (nSPS) is 14.3. The summed E-state index contributed by atoms with van der Waals surface area (Å²) in [5, 5.41) is 10.3. The van der Waals surface area contributed by atoms with E-state index in [2.05, 4.69) is 0 Å². The minimum Gasteiger partial charge on any atom is -0.549 e.